The highest BCUT2D eigenvalue weighted by atomic mass is 32.2. The van der Waals surface area contributed by atoms with Gasteiger partial charge in [-0.3, -0.25) is 0 Å². The van der Waals surface area contributed by atoms with Crippen LogP contribution < -0.4 is 5.32 Å². The number of aliphatic hydroxyl groups is 2. The summed E-state index contributed by atoms with van der Waals surface area (Å²) in [6, 6.07) is 13.6. The zero-order valence-electron chi connectivity index (χ0n) is 14.2. The molecule has 0 aromatic heterocycles. The summed E-state index contributed by atoms with van der Waals surface area (Å²) in [6.45, 7) is 0.110. The van der Waals surface area contributed by atoms with Crippen molar-refractivity contribution in [3.8, 4) is 0 Å². The van der Waals surface area contributed by atoms with E-state index in [2.05, 4.69) is 5.32 Å². The van der Waals surface area contributed by atoms with Crippen LogP contribution in [0, 0.1) is 5.82 Å². The van der Waals surface area contributed by atoms with E-state index in [9.17, 15) is 19.4 Å². The minimum absolute atomic E-state index is 0.0971. The number of amides is 2. The number of carbonyl (C=O) groups is 1. The Morgan fingerprint density at radius 2 is 1.96 bits per heavy atom. The van der Waals surface area contributed by atoms with Crippen LogP contribution in [0.25, 0.3) is 0 Å². The van der Waals surface area contributed by atoms with Gasteiger partial charge in [0.25, 0.3) is 0 Å². The fourth-order valence-corrected chi connectivity index (χ4v) is 3.81. The van der Waals surface area contributed by atoms with Gasteiger partial charge in [0, 0.05) is 17.2 Å². The Bertz CT molecular complexity index is 789. The van der Waals surface area contributed by atoms with Gasteiger partial charge in [0.2, 0.25) is 0 Å². The lowest BCUT2D eigenvalue weighted by molar-refractivity contribution is -0.00246. The summed E-state index contributed by atoms with van der Waals surface area (Å²) in [5.74, 6) is 0.204. The number of nitrogens with zero attached hydrogens (tertiary/aromatic N) is 1. The van der Waals surface area contributed by atoms with Gasteiger partial charge >= 0.3 is 6.03 Å². The Balaban J connectivity index is 1.66. The number of likely N-dealkylation sites (tertiary alicyclic amines) is 1. The molecule has 2 amide bonds. The molecule has 1 aliphatic rings. The lowest BCUT2D eigenvalue weighted by atomic mass is 10.1. The van der Waals surface area contributed by atoms with E-state index in [1.807, 2.05) is 18.2 Å². The highest BCUT2D eigenvalue weighted by Crippen LogP contribution is 2.31. The summed E-state index contributed by atoms with van der Waals surface area (Å²) in [5, 5.41) is 22.1. The first-order chi connectivity index (χ1) is 12.5. The minimum atomic E-state index is -1.23. The summed E-state index contributed by atoms with van der Waals surface area (Å²) in [7, 11) is 0. The maximum absolute atomic E-state index is 13.8. The lowest BCUT2D eigenvalue weighted by Gasteiger charge is -2.21. The number of para-hydroxylation sites is 1. The number of urea groups is 1. The quantitative estimate of drug-likeness (QED) is 0.701. The van der Waals surface area contributed by atoms with Gasteiger partial charge in [0.15, 0.2) is 0 Å². The number of hydrogen-bond donors (Lipinski definition) is 3. The molecule has 5 nitrogen and oxygen atoms in total. The SMILES string of the molecule is O=C(Nc1ccccc1SCc1ccccc1F)N1CC[C@@](O)(CO)C1. The van der Waals surface area contributed by atoms with E-state index in [-0.39, 0.29) is 25.0 Å². The van der Waals surface area contributed by atoms with Gasteiger partial charge in [-0.2, -0.15) is 0 Å². The number of halogens is 1. The van der Waals surface area contributed by atoms with Gasteiger partial charge in [-0.1, -0.05) is 30.3 Å². The van der Waals surface area contributed by atoms with Crippen molar-refractivity contribution in [2.45, 2.75) is 22.7 Å². The molecule has 0 aliphatic carbocycles. The molecule has 1 heterocycles. The molecular formula is C19H21FN2O3S. The number of carbonyl (C=O) groups excluding carboxylic acids is 1. The van der Waals surface area contributed by atoms with Crippen LogP contribution in [0.5, 0.6) is 0 Å². The molecule has 0 bridgehead atoms. The third-order valence-electron chi connectivity index (χ3n) is 4.38. The van der Waals surface area contributed by atoms with Crippen molar-refractivity contribution in [1.82, 2.24) is 4.90 Å². The molecule has 138 valence electrons. The third-order valence-corrected chi connectivity index (χ3v) is 5.51. The van der Waals surface area contributed by atoms with Crippen LogP contribution >= 0.6 is 11.8 Å². The molecule has 1 saturated heterocycles. The van der Waals surface area contributed by atoms with Gasteiger partial charge in [-0.05, 0) is 30.2 Å². The predicted octanol–water partition coefficient (Wildman–Crippen LogP) is 3.08. The second-order valence-corrected chi connectivity index (χ2v) is 7.38. The molecule has 2 aromatic rings. The number of aliphatic hydroxyl groups excluding tert-OH is 1. The molecular weight excluding hydrogens is 355 g/mol. The number of nitrogens with one attached hydrogen (secondary N) is 1. The highest BCUT2D eigenvalue weighted by molar-refractivity contribution is 7.98. The number of thioether (sulfide) groups is 1. The van der Waals surface area contributed by atoms with Crippen LogP contribution in [-0.2, 0) is 5.75 Å². The molecule has 1 fully saturated rings. The fraction of sp³-hybridized carbons (Fsp3) is 0.316. The molecule has 0 radical (unpaired) electrons. The Labute approximate surface area is 155 Å². The predicted molar refractivity (Wildman–Crippen MR) is 99.6 cm³/mol. The van der Waals surface area contributed by atoms with E-state index >= 15 is 0 Å². The summed E-state index contributed by atoms with van der Waals surface area (Å²) >= 11 is 1.44. The van der Waals surface area contributed by atoms with E-state index in [1.54, 1.807) is 24.3 Å². The van der Waals surface area contributed by atoms with Crippen LogP contribution in [0.4, 0.5) is 14.9 Å². The van der Waals surface area contributed by atoms with Crippen LogP contribution in [-0.4, -0.2) is 46.4 Å². The smallest absolute Gasteiger partial charge is 0.321 e. The zero-order chi connectivity index (χ0) is 18.6. The van der Waals surface area contributed by atoms with Crippen molar-refractivity contribution in [2.24, 2.45) is 0 Å². The first kappa shape index (κ1) is 18.7. The molecule has 7 heteroatoms. The maximum Gasteiger partial charge on any atom is 0.321 e. The normalized spacial score (nSPS) is 19.6. The molecule has 26 heavy (non-hydrogen) atoms. The standard InChI is InChI=1S/C19H21FN2O3S/c20-15-6-2-1-5-14(15)11-26-17-8-4-3-7-16(17)21-18(24)22-10-9-19(25,12-22)13-23/h1-8,23,25H,9-13H2,(H,21,24)/t19-/m0/s1. The Morgan fingerprint density at radius 1 is 1.23 bits per heavy atom. The van der Waals surface area contributed by atoms with Gasteiger partial charge < -0.3 is 20.4 Å². The zero-order valence-corrected chi connectivity index (χ0v) is 15.0. The molecule has 3 rings (SSSR count). The van der Waals surface area contributed by atoms with Crippen LogP contribution in [0.1, 0.15) is 12.0 Å². The number of hydrogen-bond acceptors (Lipinski definition) is 4. The second-order valence-electron chi connectivity index (χ2n) is 6.36. The number of β-amino-alcohol motifs (C(OH)–C–C–N with tert-alkyl or cyclic N) is 1. The van der Waals surface area contributed by atoms with Crippen LogP contribution in [0.2, 0.25) is 0 Å². The first-order valence-electron chi connectivity index (χ1n) is 8.35. The maximum atomic E-state index is 13.8. The summed E-state index contributed by atoms with van der Waals surface area (Å²) in [4.78, 5) is 14.8. The Kier molecular flexibility index (Phi) is 5.80. The Hall–Kier alpha value is -2.09. The second kappa shape index (κ2) is 8.07. The van der Waals surface area contributed by atoms with Crippen molar-refractivity contribution < 1.29 is 19.4 Å². The monoisotopic (exact) mass is 376 g/mol. The van der Waals surface area contributed by atoms with Gasteiger partial charge in [0.1, 0.15) is 11.4 Å². The van der Waals surface area contributed by atoms with Crippen molar-refractivity contribution >= 4 is 23.5 Å². The third kappa shape index (κ3) is 4.35. The van der Waals surface area contributed by atoms with E-state index in [4.69, 9.17) is 0 Å². The number of anilines is 1. The van der Waals surface area contributed by atoms with Gasteiger partial charge in [0.05, 0.1) is 18.8 Å². The van der Waals surface area contributed by atoms with E-state index in [0.717, 1.165) is 4.90 Å². The van der Waals surface area contributed by atoms with Gasteiger partial charge in [-0.15, -0.1) is 11.8 Å². The molecule has 3 N–H and O–H groups in total. The van der Waals surface area contributed by atoms with Crippen molar-refractivity contribution in [1.29, 1.82) is 0 Å². The topological polar surface area (TPSA) is 72.8 Å². The molecule has 1 aliphatic heterocycles. The number of rotatable bonds is 5. The lowest BCUT2D eigenvalue weighted by Crippen LogP contribution is -2.40. The fourth-order valence-electron chi connectivity index (χ4n) is 2.82. The average molecular weight is 376 g/mol. The summed E-state index contributed by atoms with van der Waals surface area (Å²) < 4.78 is 13.8. The molecule has 1 atom stereocenters. The largest absolute Gasteiger partial charge is 0.393 e. The molecule has 0 unspecified atom stereocenters. The summed E-state index contributed by atoms with van der Waals surface area (Å²) in [5.41, 5.74) is 0.0145. The number of benzene rings is 2. The van der Waals surface area contributed by atoms with E-state index in [1.165, 1.54) is 22.7 Å². The van der Waals surface area contributed by atoms with Crippen LogP contribution in [0.3, 0.4) is 0 Å². The van der Waals surface area contributed by atoms with Crippen molar-refractivity contribution in [2.75, 3.05) is 25.0 Å². The van der Waals surface area contributed by atoms with Crippen molar-refractivity contribution in [3.63, 3.8) is 0 Å². The Morgan fingerprint density at radius 3 is 2.69 bits per heavy atom. The molecule has 0 spiro atoms. The minimum Gasteiger partial charge on any atom is -0.393 e. The van der Waals surface area contributed by atoms with E-state index < -0.39 is 5.60 Å². The van der Waals surface area contributed by atoms with Gasteiger partial charge in [-0.25, -0.2) is 9.18 Å². The highest BCUT2D eigenvalue weighted by Gasteiger charge is 2.37. The van der Waals surface area contributed by atoms with Crippen LogP contribution in [0.15, 0.2) is 53.4 Å². The average Bonchev–Trinajstić information content (AvgIpc) is 3.05. The summed E-state index contributed by atoms with van der Waals surface area (Å²) in [6.07, 6.45) is 0.348. The van der Waals surface area contributed by atoms with Crippen molar-refractivity contribution in [3.05, 3.63) is 59.9 Å². The molecule has 0 saturated carbocycles. The molecule has 2 aromatic carbocycles. The first-order valence-corrected chi connectivity index (χ1v) is 9.34. The van der Waals surface area contributed by atoms with E-state index in [0.29, 0.717) is 30.0 Å².